The second-order valence-electron chi connectivity index (χ2n) is 3.01. The summed E-state index contributed by atoms with van der Waals surface area (Å²) in [7, 11) is 0. The van der Waals surface area contributed by atoms with Crippen molar-refractivity contribution < 1.29 is 22.3 Å². The Morgan fingerprint density at radius 2 is 1.59 bits per heavy atom. The molecule has 0 radical (unpaired) electrons. The van der Waals surface area contributed by atoms with Crippen LogP contribution in [0, 0.1) is 0 Å². The standard InChI is InChI=1S/C10H14F4O.C2H6/c1-4-7(3)6-9(8(11)5-2)15-10(12,13)14;1-2/h6H,4-5H2,1-3H3;1-2H3/b7-6+,9-8-;. The van der Waals surface area contributed by atoms with Crippen LogP contribution >= 0.6 is 0 Å². The van der Waals surface area contributed by atoms with Gasteiger partial charge in [0.2, 0.25) is 0 Å². The maximum Gasteiger partial charge on any atom is 0.573 e. The van der Waals surface area contributed by atoms with Crippen LogP contribution in [0.1, 0.15) is 47.5 Å². The molecule has 0 bridgehead atoms. The van der Waals surface area contributed by atoms with E-state index in [9.17, 15) is 17.6 Å². The lowest BCUT2D eigenvalue weighted by molar-refractivity contribution is -0.304. The van der Waals surface area contributed by atoms with Crippen LogP contribution in [0.5, 0.6) is 0 Å². The monoisotopic (exact) mass is 256 g/mol. The Hall–Kier alpha value is -1.00. The molecule has 0 aliphatic rings. The van der Waals surface area contributed by atoms with E-state index in [-0.39, 0.29) is 6.42 Å². The first-order valence-electron chi connectivity index (χ1n) is 5.61. The van der Waals surface area contributed by atoms with E-state index in [1.54, 1.807) is 13.8 Å². The molecule has 0 amide bonds. The van der Waals surface area contributed by atoms with Crippen molar-refractivity contribution >= 4 is 0 Å². The third kappa shape index (κ3) is 9.90. The smallest absolute Gasteiger partial charge is 0.403 e. The van der Waals surface area contributed by atoms with E-state index in [1.807, 2.05) is 13.8 Å². The summed E-state index contributed by atoms with van der Waals surface area (Å²) in [5.41, 5.74) is 0.623. The third-order valence-corrected chi connectivity index (χ3v) is 1.74. The Morgan fingerprint density at radius 1 is 1.12 bits per heavy atom. The first kappa shape index (κ1) is 18.4. The minimum Gasteiger partial charge on any atom is -0.403 e. The average molecular weight is 256 g/mol. The summed E-state index contributed by atoms with van der Waals surface area (Å²) in [6.07, 6.45) is -3.36. The topological polar surface area (TPSA) is 9.23 Å². The fourth-order valence-electron chi connectivity index (χ4n) is 0.788. The van der Waals surface area contributed by atoms with Crippen molar-refractivity contribution in [2.75, 3.05) is 0 Å². The molecule has 17 heavy (non-hydrogen) atoms. The Kier molecular flexibility index (Phi) is 9.80. The molecule has 0 aromatic carbocycles. The van der Waals surface area contributed by atoms with Gasteiger partial charge in [0, 0.05) is 6.42 Å². The van der Waals surface area contributed by atoms with Gasteiger partial charge in [-0.25, -0.2) is 4.39 Å². The molecule has 0 aliphatic heterocycles. The molecule has 0 aliphatic carbocycles. The van der Waals surface area contributed by atoms with Gasteiger partial charge in [0.15, 0.2) is 5.76 Å². The van der Waals surface area contributed by atoms with Crippen LogP contribution in [0.4, 0.5) is 17.6 Å². The van der Waals surface area contributed by atoms with Crippen LogP contribution in [0.2, 0.25) is 0 Å². The van der Waals surface area contributed by atoms with E-state index in [0.717, 1.165) is 6.08 Å². The minimum atomic E-state index is -4.85. The first-order valence-corrected chi connectivity index (χ1v) is 5.61. The maximum atomic E-state index is 13.0. The van der Waals surface area contributed by atoms with Crippen LogP contribution in [0.25, 0.3) is 0 Å². The van der Waals surface area contributed by atoms with E-state index in [0.29, 0.717) is 12.0 Å². The molecule has 0 saturated heterocycles. The Labute approximate surface area is 100 Å². The Bertz CT molecular complexity index is 264. The summed E-state index contributed by atoms with van der Waals surface area (Å²) in [4.78, 5) is 0. The van der Waals surface area contributed by atoms with Gasteiger partial charge in [0.1, 0.15) is 5.83 Å². The Balaban J connectivity index is 0. The number of allylic oxidation sites excluding steroid dienone is 3. The summed E-state index contributed by atoms with van der Waals surface area (Å²) in [5, 5.41) is 0. The van der Waals surface area contributed by atoms with Gasteiger partial charge in [0.05, 0.1) is 0 Å². The maximum absolute atomic E-state index is 13.0. The summed E-state index contributed by atoms with van der Waals surface area (Å²) < 4.78 is 52.3. The van der Waals surface area contributed by atoms with Crippen molar-refractivity contribution in [3.05, 3.63) is 23.2 Å². The van der Waals surface area contributed by atoms with Crippen molar-refractivity contribution in [2.24, 2.45) is 0 Å². The van der Waals surface area contributed by atoms with Crippen molar-refractivity contribution in [3.63, 3.8) is 0 Å². The molecule has 0 spiro atoms. The van der Waals surface area contributed by atoms with Crippen molar-refractivity contribution in [1.29, 1.82) is 0 Å². The minimum absolute atomic E-state index is 0.126. The fourth-order valence-corrected chi connectivity index (χ4v) is 0.788. The van der Waals surface area contributed by atoms with Crippen molar-refractivity contribution in [2.45, 2.75) is 53.8 Å². The molecule has 1 nitrogen and oxygen atoms in total. The summed E-state index contributed by atoms with van der Waals surface area (Å²) in [6, 6.07) is 0. The van der Waals surface area contributed by atoms with E-state index < -0.39 is 17.9 Å². The number of rotatable bonds is 4. The molecule has 0 unspecified atom stereocenters. The molecule has 0 rings (SSSR count). The molecule has 0 heterocycles. The zero-order chi connectivity index (χ0) is 14.1. The van der Waals surface area contributed by atoms with Gasteiger partial charge in [-0.1, -0.05) is 33.3 Å². The number of alkyl halides is 3. The summed E-state index contributed by atoms with van der Waals surface area (Å²) in [5.74, 6) is -1.65. The lowest BCUT2D eigenvalue weighted by atomic mass is 10.2. The lowest BCUT2D eigenvalue weighted by Gasteiger charge is -2.11. The molecule has 0 aromatic rings. The molecule has 0 aromatic heterocycles. The Morgan fingerprint density at radius 3 is 1.88 bits per heavy atom. The molecular formula is C12H20F4O. The quantitative estimate of drug-likeness (QED) is 0.367. The highest BCUT2D eigenvalue weighted by Crippen LogP contribution is 2.26. The van der Waals surface area contributed by atoms with Gasteiger partial charge < -0.3 is 4.74 Å². The average Bonchev–Trinajstić information content (AvgIpc) is 2.27. The number of hydrogen-bond acceptors (Lipinski definition) is 1. The van der Waals surface area contributed by atoms with E-state index >= 15 is 0 Å². The summed E-state index contributed by atoms with van der Waals surface area (Å²) in [6.45, 7) is 8.80. The van der Waals surface area contributed by atoms with Gasteiger partial charge in [-0.15, -0.1) is 13.2 Å². The van der Waals surface area contributed by atoms with Gasteiger partial charge in [-0.2, -0.15) is 0 Å². The predicted molar refractivity (Wildman–Crippen MR) is 61.0 cm³/mol. The molecule has 0 N–H and O–H groups in total. The van der Waals surface area contributed by atoms with Crippen LogP contribution in [-0.4, -0.2) is 6.36 Å². The summed E-state index contributed by atoms with van der Waals surface area (Å²) >= 11 is 0. The highest BCUT2D eigenvalue weighted by atomic mass is 19.4. The van der Waals surface area contributed by atoms with Crippen LogP contribution in [0.15, 0.2) is 23.2 Å². The molecule has 102 valence electrons. The zero-order valence-corrected chi connectivity index (χ0v) is 10.9. The van der Waals surface area contributed by atoms with Gasteiger partial charge in [-0.3, -0.25) is 0 Å². The van der Waals surface area contributed by atoms with Crippen LogP contribution in [0.3, 0.4) is 0 Å². The molecule has 0 fully saturated rings. The normalized spacial score (nSPS) is 13.6. The second kappa shape index (κ2) is 9.07. The van der Waals surface area contributed by atoms with Crippen LogP contribution in [-0.2, 0) is 4.74 Å². The third-order valence-electron chi connectivity index (χ3n) is 1.74. The number of hydrogen-bond donors (Lipinski definition) is 0. The highest BCUT2D eigenvalue weighted by Gasteiger charge is 2.32. The van der Waals surface area contributed by atoms with Gasteiger partial charge >= 0.3 is 6.36 Å². The molecule has 0 saturated carbocycles. The molecule has 5 heteroatoms. The highest BCUT2D eigenvalue weighted by molar-refractivity contribution is 5.20. The number of ether oxygens (including phenoxy) is 1. The van der Waals surface area contributed by atoms with E-state index in [4.69, 9.17) is 0 Å². The molecular weight excluding hydrogens is 236 g/mol. The van der Waals surface area contributed by atoms with Crippen LogP contribution < -0.4 is 0 Å². The van der Waals surface area contributed by atoms with Gasteiger partial charge in [-0.05, 0) is 19.4 Å². The van der Waals surface area contributed by atoms with Crippen molar-refractivity contribution in [3.8, 4) is 0 Å². The zero-order valence-electron chi connectivity index (χ0n) is 10.9. The lowest BCUT2D eigenvalue weighted by Crippen LogP contribution is -2.13. The predicted octanol–water partition coefficient (Wildman–Crippen LogP) is 5.50. The number of halogens is 4. The fraction of sp³-hybridized carbons (Fsp3) is 0.667. The SMILES string of the molecule is CC.CC/C(F)=C(\C=C(/C)CC)OC(F)(F)F. The first-order chi connectivity index (χ1) is 7.80. The van der Waals surface area contributed by atoms with E-state index in [2.05, 4.69) is 4.74 Å². The molecule has 0 atom stereocenters. The largest absolute Gasteiger partial charge is 0.573 e. The van der Waals surface area contributed by atoms with E-state index in [1.165, 1.54) is 6.92 Å². The van der Waals surface area contributed by atoms with Crippen molar-refractivity contribution in [1.82, 2.24) is 0 Å². The van der Waals surface area contributed by atoms with Gasteiger partial charge in [0.25, 0.3) is 0 Å². The second-order valence-corrected chi connectivity index (χ2v) is 3.01.